The lowest BCUT2D eigenvalue weighted by Gasteiger charge is -2.29. The largest absolute Gasteiger partial charge is 0.460 e. The fourth-order valence-electron chi connectivity index (χ4n) is 1.82. The van der Waals surface area contributed by atoms with E-state index in [0.29, 0.717) is 6.04 Å². The van der Waals surface area contributed by atoms with Crippen molar-refractivity contribution in [1.82, 2.24) is 3.53 Å². The summed E-state index contributed by atoms with van der Waals surface area (Å²) in [5, 5.41) is 0. The monoisotopic (exact) mass is 325 g/mol. The van der Waals surface area contributed by atoms with Crippen LogP contribution in [-0.4, -0.2) is 17.6 Å². The molecule has 0 atom stereocenters. The Bertz CT molecular complexity index is 217. The van der Waals surface area contributed by atoms with Crippen molar-refractivity contribution in [2.75, 3.05) is 0 Å². The molecule has 1 saturated carbocycles. The molecular formula is C11H20INO2. The minimum absolute atomic E-state index is 0.0191. The quantitative estimate of drug-likeness (QED) is 0.482. The molecule has 0 bridgehead atoms. The van der Waals surface area contributed by atoms with Gasteiger partial charge in [-0.25, -0.2) is 0 Å². The molecule has 88 valence electrons. The minimum atomic E-state index is -0.352. The van der Waals surface area contributed by atoms with Crippen molar-refractivity contribution in [1.29, 1.82) is 0 Å². The molecule has 0 spiro atoms. The van der Waals surface area contributed by atoms with Crippen molar-refractivity contribution >= 4 is 28.8 Å². The number of hydrogen-bond acceptors (Lipinski definition) is 3. The van der Waals surface area contributed by atoms with Crippen LogP contribution in [0.15, 0.2) is 0 Å². The Kier molecular flexibility index (Phi) is 4.83. The van der Waals surface area contributed by atoms with Gasteiger partial charge in [0.1, 0.15) is 5.60 Å². The molecule has 0 radical (unpaired) electrons. The van der Waals surface area contributed by atoms with Crippen LogP contribution in [0.4, 0.5) is 0 Å². The first-order valence-corrected chi connectivity index (χ1v) is 6.59. The van der Waals surface area contributed by atoms with Gasteiger partial charge in [0, 0.05) is 28.9 Å². The van der Waals surface area contributed by atoms with Gasteiger partial charge in [-0.3, -0.25) is 8.32 Å². The van der Waals surface area contributed by atoms with Crippen LogP contribution in [0, 0.1) is 5.92 Å². The summed E-state index contributed by atoms with van der Waals surface area (Å²) in [6.07, 6.45) is 4.06. The third-order valence-electron chi connectivity index (χ3n) is 2.62. The van der Waals surface area contributed by atoms with E-state index >= 15 is 0 Å². The van der Waals surface area contributed by atoms with Gasteiger partial charge in [0.15, 0.2) is 0 Å². The zero-order valence-corrected chi connectivity index (χ0v) is 11.8. The van der Waals surface area contributed by atoms with Crippen LogP contribution in [0.5, 0.6) is 0 Å². The predicted molar refractivity (Wildman–Crippen MR) is 68.7 cm³/mol. The lowest BCUT2D eigenvalue weighted by molar-refractivity contribution is -0.161. The molecule has 1 N–H and O–H groups in total. The highest BCUT2D eigenvalue weighted by molar-refractivity contribution is 14.1. The van der Waals surface area contributed by atoms with Gasteiger partial charge in [-0.1, -0.05) is 0 Å². The smallest absolute Gasteiger partial charge is 0.309 e. The Hall–Kier alpha value is 0.160. The maximum atomic E-state index is 11.8. The van der Waals surface area contributed by atoms with Crippen molar-refractivity contribution in [3.63, 3.8) is 0 Å². The van der Waals surface area contributed by atoms with Gasteiger partial charge in [0.25, 0.3) is 0 Å². The van der Waals surface area contributed by atoms with E-state index in [1.54, 1.807) is 0 Å². The molecule has 0 aliphatic heterocycles. The van der Waals surface area contributed by atoms with Crippen LogP contribution < -0.4 is 3.53 Å². The van der Waals surface area contributed by atoms with E-state index in [1.807, 2.05) is 20.8 Å². The van der Waals surface area contributed by atoms with E-state index < -0.39 is 0 Å². The fourth-order valence-corrected chi connectivity index (χ4v) is 2.45. The highest BCUT2D eigenvalue weighted by atomic mass is 127. The van der Waals surface area contributed by atoms with E-state index in [1.165, 1.54) is 0 Å². The number of carbonyl (C=O) groups excluding carboxylic acids is 1. The lowest BCUT2D eigenvalue weighted by Crippen LogP contribution is -2.34. The molecule has 0 aromatic carbocycles. The first kappa shape index (κ1) is 13.2. The Morgan fingerprint density at radius 3 is 2.20 bits per heavy atom. The second kappa shape index (κ2) is 5.48. The van der Waals surface area contributed by atoms with Crippen molar-refractivity contribution in [2.45, 2.75) is 58.1 Å². The summed E-state index contributed by atoms with van der Waals surface area (Å²) < 4.78 is 8.61. The number of esters is 1. The maximum Gasteiger partial charge on any atom is 0.309 e. The molecule has 4 heteroatoms. The van der Waals surface area contributed by atoms with E-state index in [-0.39, 0.29) is 17.5 Å². The highest BCUT2D eigenvalue weighted by Crippen LogP contribution is 2.27. The molecule has 0 aromatic rings. The summed E-state index contributed by atoms with van der Waals surface area (Å²) in [6.45, 7) is 5.76. The van der Waals surface area contributed by atoms with Gasteiger partial charge in [0.05, 0.1) is 5.92 Å². The molecule has 15 heavy (non-hydrogen) atoms. The standard InChI is InChI=1S/C11H20INO2/c1-11(2,3)15-10(14)8-4-6-9(13-12)7-5-8/h8-9,13H,4-7H2,1-3H3. The Morgan fingerprint density at radius 2 is 1.80 bits per heavy atom. The molecule has 0 saturated heterocycles. The van der Waals surface area contributed by atoms with Crippen molar-refractivity contribution < 1.29 is 9.53 Å². The van der Waals surface area contributed by atoms with E-state index in [9.17, 15) is 4.79 Å². The molecular weight excluding hydrogens is 305 g/mol. The van der Waals surface area contributed by atoms with Gasteiger partial charge >= 0.3 is 5.97 Å². The highest BCUT2D eigenvalue weighted by Gasteiger charge is 2.29. The summed E-state index contributed by atoms with van der Waals surface area (Å²) >= 11 is 2.19. The van der Waals surface area contributed by atoms with Gasteiger partial charge in [-0.15, -0.1) is 0 Å². The first-order chi connectivity index (χ1) is 6.92. The second-order valence-corrected chi connectivity index (χ2v) is 5.81. The van der Waals surface area contributed by atoms with Gasteiger partial charge in [-0.05, 0) is 46.5 Å². The van der Waals surface area contributed by atoms with Gasteiger partial charge < -0.3 is 4.74 Å². The van der Waals surface area contributed by atoms with Crippen molar-refractivity contribution in [3.05, 3.63) is 0 Å². The van der Waals surface area contributed by atoms with Crippen LogP contribution in [0.2, 0.25) is 0 Å². The molecule has 0 heterocycles. The van der Waals surface area contributed by atoms with Crippen molar-refractivity contribution in [3.8, 4) is 0 Å². The predicted octanol–water partition coefficient (Wildman–Crippen LogP) is 2.83. The SMILES string of the molecule is CC(C)(C)OC(=O)C1CCC(NI)CC1. The number of carbonyl (C=O) groups is 1. The Morgan fingerprint density at radius 1 is 1.27 bits per heavy atom. The minimum Gasteiger partial charge on any atom is -0.460 e. The summed E-state index contributed by atoms with van der Waals surface area (Å²) in [6, 6.07) is 0.573. The number of hydrogen-bond donors (Lipinski definition) is 1. The molecule has 1 aliphatic rings. The molecule has 0 aromatic heterocycles. The Labute approximate surface area is 106 Å². The molecule has 1 aliphatic carbocycles. The number of nitrogens with one attached hydrogen (secondary N) is 1. The molecule has 1 rings (SSSR count). The summed E-state index contributed by atoms with van der Waals surface area (Å²) in [5.74, 6) is 0.0969. The number of halogens is 1. The molecule has 1 fully saturated rings. The van der Waals surface area contributed by atoms with Crippen LogP contribution in [-0.2, 0) is 9.53 Å². The average Bonchev–Trinajstić information content (AvgIpc) is 2.15. The molecule has 0 unspecified atom stereocenters. The Balaban J connectivity index is 2.37. The van der Waals surface area contributed by atoms with Crippen molar-refractivity contribution in [2.24, 2.45) is 5.92 Å². The summed E-state index contributed by atoms with van der Waals surface area (Å²) in [7, 11) is 0. The van der Waals surface area contributed by atoms with Crippen LogP contribution in [0.25, 0.3) is 0 Å². The zero-order chi connectivity index (χ0) is 11.5. The average molecular weight is 325 g/mol. The molecule has 3 nitrogen and oxygen atoms in total. The van der Waals surface area contributed by atoms with E-state index in [0.717, 1.165) is 25.7 Å². The topological polar surface area (TPSA) is 38.3 Å². The van der Waals surface area contributed by atoms with Gasteiger partial charge in [0.2, 0.25) is 0 Å². The second-order valence-electron chi connectivity index (χ2n) is 5.19. The van der Waals surface area contributed by atoms with Crippen LogP contribution in [0.3, 0.4) is 0 Å². The summed E-state index contributed by atoms with van der Waals surface area (Å²) in [5.41, 5.74) is -0.352. The molecule has 0 amide bonds. The first-order valence-electron chi connectivity index (χ1n) is 5.51. The summed E-state index contributed by atoms with van der Waals surface area (Å²) in [4.78, 5) is 11.8. The van der Waals surface area contributed by atoms with E-state index in [2.05, 4.69) is 26.4 Å². The fraction of sp³-hybridized carbons (Fsp3) is 0.909. The number of rotatable bonds is 2. The number of ether oxygens (including phenoxy) is 1. The lowest BCUT2D eigenvalue weighted by atomic mass is 9.86. The van der Waals surface area contributed by atoms with E-state index in [4.69, 9.17) is 4.74 Å². The third-order valence-corrected chi connectivity index (χ3v) is 3.50. The third kappa shape index (κ3) is 4.68. The van der Waals surface area contributed by atoms with Crippen LogP contribution in [0.1, 0.15) is 46.5 Å². The van der Waals surface area contributed by atoms with Gasteiger partial charge in [-0.2, -0.15) is 0 Å². The maximum absolute atomic E-state index is 11.8. The zero-order valence-electron chi connectivity index (χ0n) is 9.68. The van der Waals surface area contributed by atoms with Crippen LogP contribution >= 0.6 is 22.9 Å². The normalized spacial score (nSPS) is 27.5.